The van der Waals surface area contributed by atoms with Crippen molar-refractivity contribution >= 4 is 5.97 Å². The molecule has 0 bridgehead atoms. The number of rotatable bonds is 5. The van der Waals surface area contributed by atoms with Crippen LogP contribution in [0.3, 0.4) is 0 Å². The molecular formula is C29H46O2. The number of allylic oxidation sites excluding steroid dienone is 3. The Hall–Kier alpha value is -1.05. The Morgan fingerprint density at radius 2 is 1.81 bits per heavy atom. The zero-order chi connectivity index (χ0) is 22.4. The van der Waals surface area contributed by atoms with Gasteiger partial charge in [0.25, 0.3) is 0 Å². The first kappa shape index (κ1) is 23.1. The Morgan fingerprint density at radius 1 is 1.10 bits per heavy atom. The molecule has 0 aromatic rings. The third-order valence-electron chi connectivity index (χ3n) is 10.0. The van der Waals surface area contributed by atoms with E-state index in [1.165, 1.54) is 57.8 Å². The van der Waals surface area contributed by atoms with Gasteiger partial charge in [0.15, 0.2) is 0 Å². The summed E-state index contributed by atoms with van der Waals surface area (Å²) < 4.78 is 5.61. The molecule has 0 aromatic carbocycles. The Bertz CT molecular complexity index is 759. The van der Waals surface area contributed by atoms with Crippen LogP contribution in [0, 0.1) is 34.5 Å². The number of hydrogen-bond acceptors (Lipinski definition) is 2. The lowest BCUT2D eigenvalue weighted by atomic mass is 9.47. The average molecular weight is 427 g/mol. The maximum atomic E-state index is 11.5. The predicted molar refractivity (Wildman–Crippen MR) is 129 cm³/mol. The molecule has 0 heterocycles. The largest absolute Gasteiger partial charge is 0.462 e. The van der Waals surface area contributed by atoms with E-state index in [0.29, 0.717) is 10.8 Å². The third kappa shape index (κ3) is 4.18. The summed E-state index contributed by atoms with van der Waals surface area (Å²) in [5, 5.41) is 0. The van der Waals surface area contributed by atoms with Gasteiger partial charge in [-0.2, -0.15) is 0 Å². The highest BCUT2D eigenvalue weighted by atomic mass is 16.5. The van der Waals surface area contributed by atoms with E-state index >= 15 is 0 Å². The van der Waals surface area contributed by atoms with Crippen molar-refractivity contribution in [2.24, 2.45) is 34.5 Å². The normalized spacial score (nSPS) is 41.2. The van der Waals surface area contributed by atoms with Crippen LogP contribution in [0.1, 0.15) is 112 Å². The molecule has 4 aliphatic carbocycles. The van der Waals surface area contributed by atoms with Crippen molar-refractivity contribution in [3.8, 4) is 0 Å². The number of hydrogen-bond donors (Lipinski definition) is 0. The lowest BCUT2D eigenvalue weighted by molar-refractivity contribution is -0.148. The lowest BCUT2D eigenvalue weighted by Gasteiger charge is -2.57. The molecule has 0 spiro atoms. The highest BCUT2D eigenvalue weighted by Crippen LogP contribution is 2.66. The van der Waals surface area contributed by atoms with Crippen molar-refractivity contribution < 1.29 is 9.53 Å². The van der Waals surface area contributed by atoms with Crippen molar-refractivity contribution in [3.05, 3.63) is 22.8 Å². The van der Waals surface area contributed by atoms with Crippen LogP contribution in [0.2, 0.25) is 0 Å². The summed E-state index contributed by atoms with van der Waals surface area (Å²) in [6.45, 7) is 13.9. The summed E-state index contributed by atoms with van der Waals surface area (Å²) in [6.07, 6.45) is 16.7. The SMILES string of the molecule is CC(=O)O[C@H]1CC[C@@]2(C)C(=CC[C@@H]3[C@@H]2CC[C@]2(C)/C(=C(\C)CCCC(C)C)CC[C@@H]32)C1. The molecule has 0 aromatic heterocycles. The molecule has 0 radical (unpaired) electrons. The number of carbonyl (C=O) groups excluding carboxylic acids is 1. The van der Waals surface area contributed by atoms with Crippen molar-refractivity contribution in [1.82, 2.24) is 0 Å². The Kier molecular flexibility index (Phi) is 6.50. The van der Waals surface area contributed by atoms with Gasteiger partial charge in [0.2, 0.25) is 0 Å². The van der Waals surface area contributed by atoms with Gasteiger partial charge in [-0.3, -0.25) is 4.79 Å². The molecule has 0 aliphatic heterocycles. The van der Waals surface area contributed by atoms with Crippen molar-refractivity contribution in [2.45, 2.75) is 118 Å². The molecule has 2 nitrogen and oxygen atoms in total. The van der Waals surface area contributed by atoms with E-state index in [4.69, 9.17) is 4.74 Å². The fraction of sp³-hybridized carbons (Fsp3) is 0.828. The Morgan fingerprint density at radius 3 is 2.52 bits per heavy atom. The van der Waals surface area contributed by atoms with Gasteiger partial charge in [0.1, 0.15) is 6.10 Å². The molecule has 3 fully saturated rings. The summed E-state index contributed by atoms with van der Waals surface area (Å²) in [5.41, 5.74) is 5.95. The average Bonchev–Trinajstić information content (AvgIpc) is 3.05. The second-order valence-corrected chi connectivity index (χ2v) is 12.3. The highest BCUT2D eigenvalue weighted by molar-refractivity contribution is 5.66. The molecule has 4 rings (SSSR count). The highest BCUT2D eigenvalue weighted by Gasteiger charge is 2.57. The van der Waals surface area contributed by atoms with Crippen LogP contribution in [-0.2, 0) is 9.53 Å². The summed E-state index contributed by atoms with van der Waals surface area (Å²) in [6, 6.07) is 0. The van der Waals surface area contributed by atoms with E-state index in [0.717, 1.165) is 36.5 Å². The van der Waals surface area contributed by atoms with Crippen LogP contribution in [0.15, 0.2) is 22.8 Å². The summed E-state index contributed by atoms with van der Waals surface area (Å²) in [7, 11) is 0. The first-order valence-corrected chi connectivity index (χ1v) is 13.2. The molecule has 0 N–H and O–H groups in total. The molecule has 6 atom stereocenters. The molecule has 2 heteroatoms. The van der Waals surface area contributed by atoms with E-state index in [-0.39, 0.29) is 12.1 Å². The van der Waals surface area contributed by atoms with Gasteiger partial charge in [-0.15, -0.1) is 0 Å². The lowest BCUT2D eigenvalue weighted by Crippen LogP contribution is -2.49. The van der Waals surface area contributed by atoms with E-state index in [2.05, 4.69) is 40.7 Å². The number of esters is 1. The fourth-order valence-corrected chi connectivity index (χ4v) is 8.40. The smallest absolute Gasteiger partial charge is 0.302 e. The van der Waals surface area contributed by atoms with Crippen molar-refractivity contribution in [1.29, 1.82) is 0 Å². The number of fused-ring (bicyclic) bond motifs is 5. The Balaban J connectivity index is 1.52. The first-order valence-electron chi connectivity index (χ1n) is 13.2. The monoisotopic (exact) mass is 426 g/mol. The molecule has 4 aliphatic rings. The molecule has 31 heavy (non-hydrogen) atoms. The molecule has 0 amide bonds. The van der Waals surface area contributed by atoms with Crippen molar-refractivity contribution in [2.75, 3.05) is 0 Å². The zero-order valence-electron chi connectivity index (χ0n) is 21.1. The summed E-state index contributed by atoms with van der Waals surface area (Å²) in [4.78, 5) is 11.5. The Labute approximate surface area is 191 Å². The molecule has 3 saturated carbocycles. The molecule has 0 unspecified atom stereocenters. The second kappa shape index (κ2) is 8.71. The van der Waals surface area contributed by atoms with Crippen molar-refractivity contribution in [3.63, 3.8) is 0 Å². The fourth-order valence-electron chi connectivity index (χ4n) is 8.40. The van der Waals surface area contributed by atoms with Gasteiger partial charge in [0, 0.05) is 13.3 Å². The standard InChI is InChI=1S/C29H46O2/c1-19(2)8-7-9-20(3)25-12-13-26-24-11-10-22-18-23(31-21(4)30)14-16-28(22,5)27(24)15-17-29(25,26)6/h10,19,23-24,26-27H,7-9,11-18H2,1-6H3/b25-20+/t23-,24-,26-,27-,28-,29+/m0/s1. The molecule has 0 saturated heterocycles. The minimum absolute atomic E-state index is 0.108. The van der Waals surface area contributed by atoms with E-state index in [9.17, 15) is 4.79 Å². The maximum absolute atomic E-state index is 11.5. The predicted octanol–water partition coefficient (Wildman–Crippen LogP) is 8.02. The minimum atomic E-state index is -0.120. The summed E-state index contributed by atoms with van der Waals surface area (Å²) in [5.74, 6) is 3.23. The van der Waals surface area contributed by atoms with Gasteiger partial charge in [0.05, 0.1) is 0 Å². The maximum Gasteiger partial charge on any atom is 0.302 e. The van der Waals surface area contributed by atoms with Crippen LogP contribution in [0.25, 0.3) is 0 Å². The van der Waals surface area contributed by atoms with E-state index in [1.54, 1.807) is 18.1 Å². The van der Waals surface area contributed by atoms with E-state index in [1.807, 2.05) is 5.57 Å². The van der Waals surface area contributed by atoms with Crippen LogP contribution >= 0.6 is 0 Å². The number of ether oxygens (including phenoxy) is 1. The molecule has 174 valence electrons. The van der Waals surface area contributed by atoms with Crippen LogP contribution in [0.4, 0.5) is 0 Å². The first-order chi connectivity index (χ1) is 14.6. The zero-order valence-corrected chi connectivity index (χ0v) is 21.1. The summed E-state index contributed by atoms with van der Waals surface area (Å²) >= 11 is 0. The third-order valence-corrected chi connectivity index (χ3v) is 10.0. The van der Waals surface area contributed by atoms with Gasteiger partial charge >= 0.3 is 5.97 Å². The van der Waals surface area contributed by atoms with Crippen LogP contribution in [-0.4, -0.2) is 12.1 Å². The second-order valence-electron chi connectivity index (χ2n) is 12.3. The minimum Gasteiger partial charge on any atom is -0.462 e. The molecular weight excluding hydrogens is 380 g/mol. The quantitative estimate of drug-likeness (QED) is 0.328. The van der Waals surface area contributed by atoms with Crippen LogP contribution in [0.5, 0.6) is 0 Å². The van der Waals surface area contributed by atoms with Gasteiger partial charge < -0.3 is 4.74 Å². The van der Waals surface area contributed by atoms with Gasteiger partial charge in [-0.05, 0) is 99.2 Å². The van der Waals surface area contributed by atoms with Gasteiger partial charge in [-0.1, -0.05) is 56.9 Å². The topological polar surface area (TPSA) is 26.3 Å². The van der Waals surface area contributed by atoms with Gasteiger partial charge in [-0.25, -0.2) is 0 Å². The number of carbonyl (C=O) groups is 1. The van der Waals surface area contributed by atoms with Crippen LogP contribution < -0.4 is 0 Å². The van der Waals surface area contributed by atoms with E-state index < -0.39 is 0 Å².